The Labute approximate surface area is 144 Å². The van der Waals surface area contributed by atoms with Crippen LogP contribution < -0.4 is 0 Å². The smallest absolute Gasteiger partial charge is 0.373 e. The molecule has 0 aliphatic carbocycles. The van der Waals surface area contributed by atoms with E-state index in [-0.39, 0.29) is 13.0 Å². The zero-order valence-electron chi connectivity index (χ0n) is 14.4. The maximum Gasteiger partial charge on any atom is 0.373 e. The largest absolute Gasteiger partial charge is 0.396 e. The molecule has 0 aliphatic rings. The first-order chi connectivity index (χ1) is 11.5. The van der Waals surface area contributed by atoms with E-state index in [0.717, 1.165) is 63.5 Å². The van der Waals surface area contributed by atoms with Crippen LogP contribution in [0.1, 0.15) is 64.2 Å². The Morgan fingerprint density at radius 2 is 1.17 bits per heavy atom. The lowest BCUT2D eigenvalue weighted by Gasteiger charge is -2.25. The molecular weight excluding hydrogens is 312 g/mol. The maximum absolute atomic E-state index is 11.2. The second kappa shape index (κ2) is 13.7. The number of unbranched alkanes of at least 4 members (excludes halogenated alkanes) is 8. The van der Waals surface area contributed by atoms with Gasteiger partial charge in [0.15, 0.2) is 0 Å². The van der Waals surface area contributed by atoms with E-state index in [1.165, 1.54) is 0 Å². The number of carbonyl (C=O) groups excluding carboxylic acids is 2. The number of aliphatic hydroxyl groups is 2. The fourth-order valence-corrected chi connectivity index (χ4v) is 2.22. The van der Waals surface area contributed by atoms with Gasteiger partial charge in [-0.25, -0.2) is 9.59 Å². The zero-order chi connectivity index (χ0) is 18.3. The number of hydrogen-bond donors (Lipinski definition) is 2. The number of hydrogen-bond acceptors (Lipinski definition) is 6. The van der Waals surface area contributed by atoms with Crippen LogP contribution in [0.3, 0.4) is 0 Å². The first kappa shape index (κ1) is 22.3. The quantitative estimate of drug-likeness (QED) is 0.206. The summed E-state index contributed by atoms with van der Waals surface area (Å²) in [7, 11) is 0. The summed E-state index contributed by atoms with van der Waals surface area (Å²) in [6, 6.07) is 0. The molecule has 0 fully saturated rings. The summed E-state index contributed by atoms with van der Waals surface area (Å²) in [4.78, 5) is 22.5. The number of rotatable bonds is 15. The summed E-state index contributed by atoms with van der Waals surface area (Å²) in [6.45, 7) is 6.74. The molecule has 0 aromatic carbocycles. The molecule has 2 N–H and O–H groups in total. The monoisotopic (exact) mass is 342 g/mol. The lowest BCUT2D eigenvalue weighted by Crippen LogP contribution is -2.39. The van der Waals surface area contributed by atoms with Gasteiger partial charge < -0.3 is 19.7 Å². The minimum absolute atomic E-state index is 0.00264. The molecule has 0 aromatic heterocycles. The Kier molecular flexibility index (Phi) is 12.8. The van der Waals surface area contributed by atoms with Gasteiger partial charge in [-0.2, -0.15) is 0 Å². The fraction of sp³-hybridized carbons (Fsp3) is 0.667. The van der Waals surface area contributed by atoms with Gasteiger partial charge in [0.05, 0.1) is 6.42 Å². The molecule has 0 atom stereocenters. The summed E-state index contributed by atoms with van der Waals surface area (Å²) >= 11 is 0. The van der Waals surface area contributed by atoms with Crippen molar-refractivity contribution in [2.75, 3.05) is 6.61 Å². The third-order valence-corrected chi connectivity index (χ3v) is 3.50. The second-order valence-electron chi connectivity index (χ2n) is 5.62. The van der Waals surface area contributed by atoms with Crippen LogP contribution in [0.25, 0.3) is 0 Å². The number of esters is 2. The second-order valence-corrected chi connectivity index (χ2v) is 5.62. The van der Waals surface area contributed by atoms with Crippen LogP contribution in [0, 0.1) is 0 Å². The van der Waals surface area contributed by atoms with Crippen LogP contribution in [-0.4, -0.2) is 34.7 Å². The molecule has 0 bridgehead atoms. The molecule has 0 aliphatic heterocycles. The van der Waals surface area contributed by atoms with Gasteiger partial charge in [0.2, 0.25) is 0 Å². The standard InChI is InChI=1S/C18H30O6/c1-3-16(20)23-18(22,24-17(21)4-2)14-12-10-8-6-5-7-9-11-13-15-19/h3-4,19,22H,1-2,5-15H2. The summed E-state index contributed by atoms with van der Waals surface area (Å²) in [5.41, 5.74) is 0. The molecule has 24 heavy (non-hydrogen) atoms. The van der Waals surface area contributed by atoms with Crippen molar-refractivity contribution in [1.29, 1.82) is 0 Å². The van der Waals surface area contributed by atoms with Crippen LogP contribution in [0.4, 0.5) is 0 Å². The Morgan fingerprint density at radius 3 is 1.54 bits per heavy atom. The van der Waals surface area contributed by atoms with Crippen molar-refractivity contribution in [2.45, 2.75) is 70.2 Å². The highest BCUT2D eigenvalue weighted by Gasteiger charge is 2.34. The van der Waals surface area contributed by atoms with Gasteiger partial charge in [-0.1, -0.05) is 58.1 Å². The van der Waals surface area contributed by atoms with Crippen molar-refractivity contribution in [3.63, 3.8) is 0 Å². The van der Waals surface area contributed by atoms with Gasteiger partial charge in [0, 0.05) is 18.8 Å². The number of carbonyl (C=O) groups is 2. The predicted octanol–water partition coefficient (Wildman–Crippen LogP) is 2.98. The van der Waals surface area contributed by atoms with Crippen molar-refractivity contribution in [3.05, 3.63) is 25.3 Å². The number of aliphatic hydroxyl groups excluding tert-OH is 1. The molecular formula is C18H30O6. The van der Waals surface area contributed by atoms with Gasteiger partial charge in [-0.3, -0.25) is 0 Å². The minimum atomic E-state index is -2.28. The Balaban J connectivity index is 3.97. The fourth-order valence-electron chi connectivity index (χ4n) is 2.22. The summed E-state index contributed by atoms with van der Waals surface area (Å²) in [5.74, 6) is -4.00. The zero-order valence-corrected chi connectivity index (χ0v) is 14.4. The molecule has 0 rings (SSSR count). The molecule has 6 nitrogen and oxygen atoms in total. The average molecular weight is 342 g/mol. The normalized spacial score (nSPS) is 10.9. The lowest BCUT2D eigenvalue weighted by atomic mass is 10.1. The molecule has 0 saturated heterocycles. The Hall–Kier alpha value is -1.66. The molecule has 0 amide bonds. The van der Waals surface area contributed by atoms with Gasteiger partial charge in [-0.05, 0) is 12.8 Å². The maximum atomic E-state index is 11.2. The van der Waals surface area contributed by atoms with Crippen LogP contribution in [0.15, 0.2) is 25.3 Å². The van der Waals surface area contributed by atoms with Crippen molar-refractivity contribution in [3.8, 4) is 0 Å². The van der Waals surface area contributed by atoms with Crippen molar-refractivity contribution < 1.29 is 29.3 Å². The van der Waals surface area contributed by atoms with Crippen molar-refractivity contribution in [2.24, 2.45) is 0 Å². The highest BCUT2D eigenvalue weighted by Crippen LogP contribution is 2.20. The summed E-state index contributed by atoms with van der Waals surface area (Å²) in [5, 5.41) is 18.8. The Morgan fingerprint density at radius 1 is 0.792 bits per heavy atom. The van der Waals surface area contributed by atoms with E-state index < -0.39 is 17.9 Å². The average Bonchev–Trinajstić information content (AvgIpc) is 2.56. The predicted molar refractivity (Wildman–Crippen MR) is 90.8 cm³/mol. The lowest BCUT2D eigenvalue weighted by molar-refractivity contribution is -0.324. The third kappa shape index (κ3) is 11.8. The van der Waals surface area contributed by atoms with Crippen LogP contribution >= 0.6 is 0 Å². The van der Waals surface area contributed by atoms with Crippen LogP contribution in [0.5, 0.6) is 0 Å². The van der Waals surface area contributed by atoms with Crippen LogP contribution in [-0.2, 0) is 19.1 Å². The highest BCUT2D eigenvalue weighted by atomic mass is 16.8. The highest BCUT2D eigenvalue weighted by molar-refractivity contribution is 5.83. The van der Waals surface area contributed by atoms with Crippen molar-refractivity contribution in [1.82, 2.24) is 0 Å². The van der Waals surface area contributed by atoms with Crippen molar-refractivity contribution >= 4 is 11.9 Å². The SMILES string of the molecule is C=CC(=O)OC(O)(CCCCCCCCCCCO)OC(=O)C=C. The van der Waals surface area contributed by atoms with E-state index in [0.29, 0.717) is 6.42 Å². The molecule has 0 aromatic rings. The molecule has 0 spiro atoms. The molecule has 138 valence electrons. The molecule has 0 saturated carbocycles. The minimum Gasteiger partial charge on any atom is -0.396 e. The van der Waals surface area contributed by atoms with Gasteiger partial charge in [-0.15, -0.1) is 0 Å². The first-order valence-electron chi connectivity index (χ1n) is 8.51. The Bertz CT molecular complexity index is 369. The molecule has 0 heterocycles. The van der Waals surface area contributed by atoms with Gasteiger partial charge in [0.25, 0.3) is 0 Å². The summed E-state index contributed by atoms with van der Waals surface area (Å²) < 4.78 is 9.46. The van der Waals surface area contributed by atoms with E-state index in [1.807, 2.05) is 0 Å². The van der Waals surface area contributed by atoms with Gasteiger partial charge in [0.1, 0.15) is 0 Å². The van der Waals surface area contributed by atoms with E-state index in [4.69, 9.17) is 14.6 Å². The molecule has 0 unspecified atom stereocenters. The van der Waals surface area contributed by atoms with E-state index >= 15 is 0 Å². The van der Waals surface area contributed by atoms with E-state index in [1.54, 1.807) is 0 Å². The van der Waals surface area contributed by atoms with E-state index in [2.05, 4.69) is 13.2 Å². The molecule has 0 radical (unpaired) electrons. The van der Waals surface area contributed by atoms with Gasteiger partial charge >= 0.3 is 17.9 Å². The summed E-state index contributed by atoms with van der Waals surface area (Å²) in [6.07, 6.45) is 10.6. The number of ether oxygens (including phenoxy) is 2. The topological polar surface area (TPSA) is 93.1 Å². The van der Waals surface area contributed by atoms with Crippen LogP contribution in [0.2, 0.25) is 0 Å². The third-order valence-electron chi connectivity index (χ3n) is 3.50. The first-order valence-corrected chi connectivity index (χ1v) is 8.51. The molecule has 6 heteroatoms. The van der Waals surface area contributed by atoms with E-state index in [9.17, 15) is 14.7 Å².